The van der Waals surface area contributed by atoms with Crippen molar-refractivity contribution >= 4 is 11.6 Å². The Balaban J connectivity index is 1.79. The minimum atomic E-state index is 0.201. The molecule has 2 fully saturated rings. The lowest BCUT2D eigenvalue weighted by Crippen LogP contribution is -2.55. The summed E-state index contributed by atoms with van der Waals surface area (Å²) in [5.41, 5.74) is 1.84. The Morgan fingerprint density at radius 2 is 1.79 bits per heavy atom. The summed E-state index contributed by atoms with van der Waals surface area (Å²) in [6.45, 7) is 3.48. The Hall–Kier alpha value is -2.02. The zero-order valence-corrected chi connectivity index (χ0v) is 11.0. The van der Waals surface area contributed by atoms with Crippen molar-refractivity contribution in [3.63, 3.8) is 0 Å². The molecule has 19 heavy (non-hydrogen) atoms. The van der Waals surface area contributed by atoms with Crippen LogP contribution < -0.4 is 4.90 Å². The number of fused-ring (bicyclic) bond motifs is 2. The van der Waals surface area contributed by atoms with Crippen molar-refractivity contribution in [1.82, 2.24) is 4.90 Å². The van der Waals surface area contributed by atoms with Crippen molar-refractivity contribution in [3.8, 4) is 6.07 Å². The second-order valence-corrected chi connectivity index (χ2v) is 5.37. The molecule has 0 aliphatic carbocycles. The summed E-state index contributed by atoms with van der Waals surface area (Å²) in [7, 11) is 0. The second-order valence-electron chi connectivity index (χ2n) is 5.37. The fourth-order valence-corrected chi connectivity index (χ4v) is 3.37. The lowest BCUT2D eigenvalue weighted by molar-refractivity contribution is -0.132. The molecule has 2 heterocycles. The van der Waals surface area contributed by atoms with E-state index in [4.69, 9.17) is 5.26 Å². The Bertz CT molecular complexity index is 517. The first-order chi connectivity index (χ1) is 9.19. The monoisotopic (exact) mass is 255 g/mol. The Labute approximate surface area is 113 Å². The predicted molar refractivity (Wildman–Crippen MR) is 72.7 cm³/mol. The van der Waals surface area contributed by atoms with Crippen LogP contribution in [0.5, 0.6) is 0 Å². The van der Waals surface area contributed by atoms with Crippen LogP contribution in [-0.4, -0.2) is 36.0 Å². The van der Waals surface area contributed by atoms with Gasteiger partial charge < -0.3 is 9.80 Å². The lowest BCUT2D eigenvalue weighted by Gasteiger charge is -2.41. The zero-order valence-electron chi connectivity index (χ0n) is 11.0. The fourth-order valence-electron chi connectivity index (χ4n) is 3.37. The number of rotatable bonds is 1. The van der Waals surface area contributed by atoms with Gasteiger partial charge in [-0.25, -0.2) is 0 Å². The second kappa shape index (κ2) is 4.58. The molecule has 1 aromatic carbocycles. The standard InChI is InChI=1S/C15H17N3O/c1-11(19)18-14-6-7-15(18)10-17(9-14)13-4-2-12(8-16)3-5-13/h2-5,14-15H,6-7,9-10H2,1H3. The average Bonchev–Trinajstić information content (AvgIpc) is 2.70. The first kappa shape index (κ1) is 12.0. The van der Waals surface area contributed by atoms with Crippen LogP contribution >= 0.6 is 0 Å². The molecule has 0 aromatic heterocycles. The van der Waals surface area contributed by atoms with Gasteiger partial charge in [-0.15, -0.1) is 0 Å². The quantitative estimate of drug-likeness (QED) is 0.768. The van der Waals surface area contributed by atoms with E-state index >= 15 is 0 Å². The van der Waals surface area contributed by atoms with Crippen LogP contribution in [-0.2, 0) is 4.79 Å². The first-order valence-electron chi connectivity index (χ1n) is 6.73. The molecule has 3 rings (SSSR count). The van der Waals surface area contributed by atoms with Gasteiger partial charge in [-0.2, -0.15) is 5.26 Å². The van der Waals surface area contributed by atoms with E-state index in [9.17, 15) is 4.79 Å². The molecule has 1 amide bonds. The van der Waals surface area contributed by atoms with Gasteiger partial charge in [-0.1, -0.05) is 0 Å². The van der Waals surface area contributed by atoms with E-state index in [2.05, 4.69) is 15.9 Å². The maximum atomic E-state index is 11.7. The molecule has 2 bridgehead atoms. The summed E-state index contributed by atoms with van der Waals surface area (Å²) in [5.74, 6) is 0.201. The van der Waals surface area contributed by atoms with Crippen molar-refractivity contribution in [2.75, 3.05) is 18.0 Å². The molecule has 0 N–H and O–H groups in total. The van der Waals surface area contributed by atoms with Gasteiger partial charge in [0, 0.05) is 37.8 Å². The average molecular weight is 255 g/mol. The number of anilines is 1. The topological polar surface area (TPSA) is 47.3 Å². The van der Waals surface area contributed by atoms with Crippen LogP contribution in [0.25, 0.3) is 0 Å². The predicted octanol–water partition coefficient (Wildman–Crippen LogP) is 1.76. The van der Waals surface area contributed by atoms with Crippen LogP contribution in [0.3, 0.4) is 0 Å². The highest BCUT2D eigenvalue weighted by atomic mass is 16.2. The third kappa shape index (κ3) is 2.06. The van der Waals surface area contributed by atoms with Gasteiger partial charge in [-0.3, -0.25) is 4.79 Å². The maximum absolute atomic E-state index is 11.7. The number of carbonyl (C=O) groups excluding carboxylic acids is 1. The number of hydrogen-bond donors (Lipinski definition) is 0. The van der Waals surface area contributed by atoms with Crippen LogP contribution in [0, 0.1) is 11.3 Å². The van der Waals surface area contributed by atoms with Gasteiger partial charge in [0.25, 0.3) is 0 Å². The summed E-state index contributed by atoms with van der Waals surface area (Å²) in [6, 6.07) is 10.6. The number of hydrogen-bond acceptors (Lipinski definition) is 3. The van der Waals surface area contributed by atoms with E-state index in [1.165, 1.54) is 0 Å². The number of amides is 1. The van der Waals surface area contributed by atoms with E-state index < -0.39 is 0 Å². The Morgan fingerprint density at radius 1 is 1.21 bits per heavy atom. The van der Waals surface area contributed by atoms with Crippen molar-refractivity contribution in [2.24, 2.45) is 0 Å². The van der Waals surface area contributed by atoms with Crippen molar-refractivity contribution < 1.29 is 4.79 Å². The van der Waals surface area contributed by atoms with Crippen molar-refractivity contribution in [3.05, 3.63) is 29.8 Å². The van der Waals surface area contributed by atoms with Crippen molar-refractivity contribution in [1.29, 1.82) is 5.26 Å². The van der Waals surface area contributed by atoms with E-state index in [0.717, 1.165) is 31.6 Å². The van der Waals surface area contributed by atoms with Gasteiger partial charge in [-0.05, 0) is 37.1 Å². The van der Waals surface area contributed by atoms with Gasteiger partial charge in [0.1, 0.15) is 0 Å². The van der Waals surface area contributed by atoms with Gasteiger partial charge >= 0.3 is 0 Å². The van der Waals surface area contributed by atoms with Gasteiger partial charge in [0.2, 0.25) is 5.91 Å². The molecule has 98 valence electrons. The Morgan fingerprint density at radius 3 is 2.26 bits per heavy atom. The SMILES string of the molecule is CC(=O)N1C2CCC1CN(c1ccc(C#N)cc1)C2. The molecule has 1 aromatic rings. The van der Waals surface area contributed by atoms with Gasteiger partial charge in [0.15, 0.2) is 0 Å². The maximum Gasteiger partial charge on any atom is 0.220 e. The highest BCUT2D eigenvalue weighted by Gasteiger charge is 2.41. The largest absolute Gasteiger partial charge is 0.367 e. The summed E-state index contributed by atoms with van der Waals surface area (Å²) in [5, 5.41) is 8.82. The van der Waals surface area contributed by atoms with Crippen molar-refractivity contribution in [2.45, 2.75) is 31.8 Å². The molecule has 0 saturated carbocycles. The number of nitrogens with zero attached hydrogens (tertiary/aromatic N) is 3. The first-order valence-corrected chi connectivity index (χ1v) is 6.73. The molecule has 0 radical (unpaired) electrons. The fraction of sp³-hybridized carbons (Fsp3) is 0.467. The van der Waals surface area contributed by atoms with Crippen LogP contribution in [0.15, 0.2) is 24.3 Å². The number of piperazine rings is 1. The highest BCUT2D eigenvalue weighted by molar-refractivity contribution is 5.75. The molecule has 2 aliphatic heterocycles. The van der Waals surface area contributed by atoms with Crippen LogP contribution in [0.1, 0.15) is 25.3 Å². The van der Waals surface area contributed by atoms with E-state index in [0.29, 0.717) is 17.6 Å². The number of carbonyl (C=O) groups is 1. The van der Waals surface area contributed by atoms with E-state index in [-0.39, 0.29) is 5.91 Å². The summed E-state index contributed by atoms with van der Waals surface area (Å²) < 4.78 is 0. The molecule has 2 atom stereocenters. The highest BCUT2D eigenvalue weighted by Crippen LogP contribution is 2.32. The zero-order chi connectivity index (χ0) is 13.4. The molecule has 2 saturated heterocycles. The molecule has 2 aliphatic rings. The summed E-state index contributed by atoms with van der Waals surface area (Å²) in [4.78, 5) is 16.0. The number of benzene rings is 1. The minimum Gasteiger partial charge on any atom is -0.367 e. The smallest absolute Gasteiger partial charge is 0.220 e. The normalized spacial score (nSPS) is 25.3. The van der Waals surface area contributed by atoms with Gasteiger partial charge in [0.05, 0.1) is 11.6 Å². The molecular weight excluding hydrogens is 238 g/mol. The van der Waals surface area contributed by atoms with E-state index in [1.54, 1.807) is 6.92 Å². The molecule has 4 heteroatoms. The lowest BCUT2D eigenvalue weighted by atomic mass is 10.1. The molecular formula is C15H17N3O. The Kier molecular flexibility index (Phi) is 2.90. The van der Waals surface area contributed by atoms with E-state index in [1.807, 2.05) is 24.3 Å². The molecule has 0 spiro atoms. The third-order valence-electron chi connectivity index (χ3n) is 4.21. The summed E-state index contributed by atoms with van der Waals surface area (Å²) >= 11 is 0. The number of nitriles is 1. The van der Waals surface area contributed by atoms with Crippen LogP contribution in [0.2, 0.25) is 0 Å². The molecule has 2 unspecified atom stereocenters. The summed E-state index contributed by atoms with van der Waals surface area (Å²) in [6.07, 6.45) is 2.22. The van der Waals surface area contributed by atoms with Crippen LogP contribution in [0.4, 0.5) is 5.69 Å². The minimum absolute atomic E-state index is 0.201. The third-order valence-corrected chi connectivity index (χ3v) is 4.21. The molecule has 4 nitrogen and oxygen atoms in total.